The Morgan fingerprint density at radius 2 is 2.11 bits per heavy atom. The van der Waals surface area contributed by atoms with E-state index in [1.165, 1.54) is 6.20 Å². The number of hydrogen-bond acceptors (Lipinski definition) is 4. The maximum Gasteiger partial charge on any atom is 0.308 e. The van der Waals surface area contributed by atoms with E-state index in [1.807, 2.05) is 13.8 Å². The molecule has 0 aliphatic carbocycles. The van der Waals surface area contributed by atoms with Crippen molar-refractivity contribution in [3.63, 3.8) is 0 Å². The van der Waals surface area contributed by atoms with Crippen LogP contribution in [0.25, 0.3) is 0 Å². The Labute approximate surface area is 106 Å². The van der Waals surface area contributed by atoms with Gasteiger partial charge in [-0.05, 0) is 24.5 Å². The van der Waals surface area contributed by atoms with Gasteiger partial charge in [0.1, 0.15) is 0 Å². The second kappa shape index (κ2) is 6.26. The summed E-state index contributed by atoms with van der Waals surface area (Å²) < 4.78 is 0. The third kappa shape index (κ3) is 3.63. The molecule has 0 radical (unpaired) electrons. The lowest BCUT2D eigenvalue weighted by molar-refractivity contribution is -0.142. The van der Waals surface area contributed by atoms with E-state index in [0.717, 1.165) is 0 Å². The van der Waals surface area contributed by atoms with Crippen LogP contribution in [0.15, 0.2) is 24.5 Å². The number of nitrogens with two attached hydrogens (primary N) is 1. The standard InChI is InChI=1S/C13H18N2O3/c1-8(2)6-10(13(17)18)11(14)12(16)9-4-3-5-15-7-9/h3-5,7-8,10-11H,6,14H2,1-2H3,(H,17,18). The van der Waals surface area contributed by atoms with Crippen LogP contribution in [-0.4, -0.2) is 27.9 Å². The van der Waals surface area contributed by atoms with Crippen molar-refractivity contribution in [2.45, 2.75) is 26.3 Å². The average Bonchev–Trinajstić information content (AvgIpc) is 2.34. The number of carbonyl (C=O) groups is 2. The molecule has 0 aliphatic heterocycles. The molecule has 0 bridgehead atoms. The van der Waals surface area contributed by atoms with Gasteiger partial charge < -0.3 is 10.8 Å². The predicted molar refractivity (Wildman–Crippen MR) is 67.1 cm³/mol. The van der Waals surface area contributed by atoms with Crippen LogP contribution in [0.1, 0.15) is 30.6 Å². The molecule has 0 saturated heterocycles. The van der Waals surface area contributed by atoms with Gasteiger partial charge in [0.15, 0.2) is 5.78 Å². The van der Waals surface area contributed by atoms with Crippen molar-refractivity contribution < 1.29 is 14.7 Å². The fourth-order valence-corrected chi connectivity index (χ4v) is 1.79. The molecule has 3 N–H and O–H groups in total. The summed E-state index contributed by atoms with van der Waals surface area (Å²) in [5, 5.41) is 9.14. The topological polar surface area (TPSA) is 93.3 Å². The molecule has 0 aromatic carbocycles. The van der Waals surface area contributed by atoms with Crippen LogP contribution in [0, 0.1) is 11.8 Å². The third-order valence-electron chi connectivity index (χ3n) is 2.72. The first kappa shape index (κ1) is 14.3. The Kier molecular flexibility index (Phi) is 4.97. The highest BCUT2D eigenvalue weighted by Crippen LogP contribution is 2.17. The highest BCUT2D eigenvalue weighted by Gasteiger charge is 2.31. The van der Waals surface area contributed by atoms with Crippen LogP contribution in [0.4, 0.5) is 0 Å². The molecule has 0 aliphatic rings. The quantitative estimate of drug-likeness (QED) is 0.743. The van der Waals surface area contributed by atoms with Crippen molar-refractivity contribution in [2.24, 2.45) is 17.6 Å². The van der Waals surface area contributed by atoms with Crippen molar-refractivity contribution >= 4 is 11.8 Å². The Balaban J connectivity index is 2.86. The van der Waals surface area contributed by atoms with E-state index >= 15 is 0 Å². The molecular formula is C13H18N2O3. The fraction of sp³-hybridized carbons (Fsp3) is 0.462. The van der Waals surface area contributed by atoms with Gasteiger partial charge in [-0.3, -0.25) is 14.6 Å². The van der Waals surface area contributed by atoms with Gasteiger partial charge >= 0.3 is 5.97 Å². The molecule has 18 heavy (non-hydrogen) atoms. The molecule has 2 unspecified atom stereocenters. The smallest absolute Gasteiger partial charge is 0.308 e. The molecule has 1 rings (SSSR count). The first-order chi connectivity index (χ1) is 8.43. The normalized spacial score (nSPS) is 14.2. The van der Waals surface area contributed by atoms with Crippen molar-refractivity contribution in [1.29, 1.82) is 0 Å². The number of pyridine rings is 1. The number of hydrogen-bond donors (Lipinski definition) is 2. The number of carboxylic acid groups (broad SMARTS) is 1. The summed E-state index contributed by atoms with van der Waals surface area (Å²) in [4.78, 5) is 27.0. The second-order valence-corrected chi connectivity index (χ2v) is 4.71. The van der Waals surface area contributed by atoms with E-state index in [2.05, 4.69) is 4.98 Å². The number of ketones is 1. The van der Waals surface area contributed by atoms with Crippen LogP contribution in [0.3, 0.4) is 0 Å². The molecule has 1 heterocycles. The van der Waals surface area contributed by atoms with E-state index in [1.54, 1.807) is 18.3 Å². The minimum absolute atomic E-state index is 0.166. The van der Waals surface area contributed by atoms with Crippen molar-refractivity contribution in [3.05, 3.63) is 30.1 Å². The lowest BCUT2D eigenvalue weighted by atomic mass is 9.87. The fourth-order valence-electron chi connectivity index (χ4n) is 1.79. The summed E-state index contributed by atoms with van der Waals surface area (Å²) in [5.74, 6) is -2.11. The number of nitrogens with zero attached hydrogens (tertiary/aromatic N) is 1. The molecule has 5 heteroatoms. The summed E-state index contributed by atoms with van der Waals surface area (Å²) in [7, 11) is 0. The first-order valence-electron chi connectivity index (χ1n) is 5.86. The summed E-state index contributed by atoms with van der Waals surface area (Å²) in [6.07, 6.45) is 3.32. The SMILES string of the molecule is CC(C)CC(C(=O)O)C(N)C(=O)c1cccnc1. The van der Waals surface area contributed by atoms with E-state index in [4.69, 9.17) is 10.8 Å². The number of carbonyl (C=O) groups excluding carboxylic acids is 1. The average molecular weight is 250 g/mol. The predicted octanol–water partition coefficient (Wildman–Crippen LogP) is 1.34. The first-order valence-corrected chi connectivity index (χ1v) is 5.86. The summed E-state index contributed by atoms with van der Waals surface area (Å²) in [5.41, 5.74) is 6.13. The van der Waals surface area contributed by atoms with Gasteiger partial charge in [0.2, 0.25) is 0 Å². The summed E-state index contributed by atoms with van der Waals surface area (Å²) in [6, 6.07) is 2.18. The monoisotopic (exact) mass is 250 g/mol. The molecular weight excluding hydrogens is 232 g/mol. The highest BCUT2D eigenvalue weighted by molar-refractivity contribution is 6.01. The number of rotatable bonds is 6. The van der Waals surface area contributed by atoms with E-state index in [9.17, 15) is 9.59 Å². The van der Waals surface area contributed by atoms with Crippen LogP contribution in [0.2, 0.25) is 0 Å². The van der Waals surface area contributed by atoms with Gasteiger partial charge in [-0.15, -0.1) is 0 Å². The highest BCUT2D eigenvalue weighted by atomic mass is 16.4. The minimum Gasteiger partial charge on any atom is -0.481 e. The van der Waals surface area contributed by atoms with Crippen LogP contribution >= 0.6 is 0 Å². The number of Topliss-reactive ketones (excluding diaryl/α,β-unsaturated/α-hetero) is 1. The van der Waals surface area contributed by atoms with Gasteiger partial charge in [0, 0.05) is 18.0 Å². The van der Waals surface area contributed by atoms with Crippen LogP contribution in [-0.2, 0) is 4.79 Å². The molecule has 0 spiro atoms. The zero-order chi connectivity index (χ0) is 13.7. The maximum absolute atomic E-state index is 12.0. The van der Waals surface area contributed by atoms with Gasteiger partial charge in [-0.2, -0.15) is 0 Å². The molecule has 0 saturated carbocycles. The van der Waals surface area contributed by atoms with Gasteiger partial charge in [-0.25, -0.2) is 0 Å². The van der Waals surface area contributed by atoms with Crippen molar-refractivity contribution in [3.8, 4) is 0 Å². The van der Waals surface area contributed by atoms with Gasteiger partial charge in [0.25, 0.3) is 0 Å². The number of aliphatic carboxylic acids is 1. The zero-order valence-corrected chi connectivity index (χ0v) is 10.5. The van der Waals surface area contributed by atoms with E-state index in [0.29, 0.717) is 12.0 Å². The molecule has 5 nitrogen and oxygen atoms in total. The Morgan fingerprint density at radius 3 is 2.56 bits per heavy atom. The van der Waals surface area contributed by atoms with Crippen molar-refractivity contribution in [1.82, 2.24) is 4.98 Å². The third-order valence-corrected chi connectivity index (χ3v) is 2.72. The van der Waals surface area contributed by atoms with E-state index < -0.39 is 17.9 Å². The lowest BCUT2D eigenvalue weighted by Crippen LogP contribution is -2.42. The number of aromatic nitrogens is 1. The molecule has 1 aromatic heterocycles. The zero-order valence-electron chi connectivity index (χ0n) is 10.5. The largest absolute Gasteiger partial charge is 0.481 e. The Hall–Kier alpha value is -1.75. The van der Waals surface area contributed by atoms with Crippen LogP contribution < -0.4 is 5.73 Å². The molecule has 0 fully saturated rings. The summed E-state index contributed by atoms with van der Waals surface area (Å²) >= 11 is 0. The lowest BCUT2D eigenvalue weighted by Gasteiger charge is -2.20. The van der Waals surface area contributed by atoms with Gasteiger partial charge in [0.05, 0.1) is 12.0 Å². The molecule has 98 valence electrons. The Morgan fingerprint density at radius 1 is 1.44 bits per heavy atom. The van der Waals surface area contributed by atoms with Crippen molar-refractivity contribution in [2.75, 3.05) is 0 Å². The molecule has 1 aromatic rings. The van der Waals surface area contributed by atoms with E-state index in [-0.39, 0.29) is 11.7 Å². The number of carboxylic acids is 1. The molecule has 0 amide bonds. The van der Waals surface area contributed by atoms with Crippen LogP contribution in [0.5, 0.6) is 0 Å². The second-order valence-electron chi connectivity index (χ2n) is 4.71. The Bertz CT molecular complexity index is 418. The summed E-state index contributed by atoms with van der Waals surface area (Å²) in [6.45, 7) is 3.80. The van der Waals surface area contributed by atoms with Gasteiger partial charge in [-0.1, -0.05) is 13.8 Å². The molecule has 2 atom stereocenters. The maximum atomic E-state index is 12.0. The minimum atomic E-state index is -1.03.